The molecule has 1 fully saturated rings. The molecule has 8 heteroatoms. The summed E-state index contributed by atoms with van der Waals surface area (Å²) in [6, 6.07) is 15.1. The lowest BCUT2D eigenvalue weighted by Crippen LogP contribution is -2.44. The number of benzene rings is 2. The summed E-state index contributed by atoms with van der Waals surface area (Å²) in [5, 5.41) is 10.7. The number of methoxy groups -OCH3 is 2. The highest BCUT2D eigenvalue weighted by atomic mass is 32.2. The van der Waals surface area contributed by atoms with Crippen molar-refractivity contribution < 1.29 is 23.8 Å². The molecule has 2 aromatic carbocycles. The largest absolute Gasteiger partial charge is 0.497 e. The van der Waals surface area contributed by atoms with E-state index in [1.54, 1.807) is 38.2 Å². The third-order valence-electron chi connectivity index (χ3n) is 7.21. The second-order valence-electron chi connectivity index (χ2n) is 9.48. The van der Waals surface area contributed by atoms with Crippen LogP contribution in [0.3, 0.4) is 0 Å². The van der Waals surface area contributed by atoms with Gasteiger partial charge in [-0.3, -0.25) is 9.78 Å². The summed E-state index contributed by atoms with van der Waals surface area (Å²) in [5.74, 6) is 1.19. The Morgan fingerprint density at radius 3 is 2.84 bits per heavy atom. The van der Waals surface area contributed by atoms with Crippen molar-refractivity contribution in [2.24, 2.45) is 11.8 Å². The van der Waals surface area contributed by atoms with Gasteiger partial charge in [-0.2, -0.15) is 0 Å². The second-order valence-corrected chi connectivity index (χ2v) is 10.6. The van der Waals surface area contributed by atoms with Crippen LogP contribution in [-0.4, -0.2) is 60.6 Å². The number of ether oxygens (including phenoxy) is 2. The maximum absolute atomic E-state index is 15.4. The molecule has 0 amide bonds. The van der Waals surface area contributed by atoms with E-state index in [0.29, 0.717) is 30.7 Å². The van der Waals surface area contributed by atoms with Gasteiger partial charge in [0.05, 0.1) is 25.7 Å². The van der Waals surface area contributed by atoms with Crippen molar-refractivity contribution in [3.8, 4) is 11.5 Å². The van der Waals surface area contributed by atoms with Crippen molar-refractivity contribution >= 4 is 28.6 Å². The molecule has 0 unspecified atom stereocenters. The predicted molar refractivity (Wildman–Crippen MR) is 145 cm³/mol. The fourth-order valence-electron chi connectivity index (χ4n) is 5.17. The molecular weight excluding hydrogens is 491 g/mol. The van der Waals surface area contributed by atoms with Crippen LogP contribution in [0.25, 0.3) is 10.9 Å². The van der Waals surface area contributed by atoms with Crippen molar-refractivity contribution in [2.45, 2.75) is 36.8 Å². The number of fused-ring (bicyclic) bond motifs is 1. The van der Waals surface area contributed by atoms with Crippen molar-refractivity contribution in [1.29, 1.82) is 0 Å². The number of rotatable bonds is 12. The minimum Gasteiger partial charge on any atom is -0.497 e. The molecule has 1 N–H and O–H groups in total. The van der Waals surface area contributed by atoms with Crippen molar-refractivity contribution in [1.82, 2.24) is 9.88 Å². The monoisotopic (exact) mass is 526 g/mol. The van der Waals surface area contributed by atoms with Crippen LogP contribution in [0, 0.1) is 11.8 Å². The summed E-state index contributed by atoms with van der Waals surface area (Å²) < 4.78 is 26.1. The Balaban J connectivity index is 1.29. The molecule has 4 rings (SSSR count). The zero-order valence-corrected chi connectivity index (χ0v) is 22.3. The van der Waals surface area contributed by atoms with Crippen LogP contribution in [0.1, 0.15) is 37.4 Å². The summed E-state index contributed by atoms with van der Waals surface area (Å²) in [5.41, 5.74) is 1.31. The number of alkyl halides is 1. The van der Waals surface area contributed by atoms with Gasteiger partial charge in [-0.25, -0.2) is 4.39 Å². The van der Waals surface area contributed by atoms with E-state index in [9.17, 15) is 9.90 Å². The molecule has 198 valence electrons. The number of halogens is 1. The van der Waals surface area contributed by atoms with Gasteiger partial charge in [0, 0.05) is 23.0 Å². The van der Waals surface area contributed by atoms with E-state index in [1.165, 1.54) is 0 Å². The minimum atomic E-state index is -1.18. The van der Waals surface area contributed by atoms with Crippen molar-refractivity contribution in [2.75, 3.05) is 39.6 Å². The normalized spacial score (nSPS) is 19.0. The van der Waals surface area contributed by atoms with Gasteiger partial charge in [0.15, 0.2) is 0 Å². The van der Waals surface area contributed by atoms with Crippen LogP contribution < -0.4 is 9.47 Å². The Hall–Kier alpha value is -2.84. The molecule has 1 aliphatic heterocycles. The summed E-state index contributed by atoms with van der Waals surface area (Å²) >= 11 is 1.76. The van der Waals surface area contributed by atoms with Crippen LogP contribution in [0.5, 0.6) is 11.5 Å². The lowest BCUT2D eigenvalue weighted by atomic mass is 9.81. The molecule has 0 spiro atoms. The number of pyridine rings is 1. The summed E-state index contributed by atoms with van der Waals surface area (Å²) in [7, 11) is 3.26. The Kier molecular flexibility index (Phi) is 9.63. The third-order valence-corrected chi connectivity index (χ3v) is 8.35. The molecule has 0 bridgehead atoms. The Labute approximate surface area is 222 Å². The first-order valence-corrected chi connectivity index (χ1v) is 13.8. The topological polar surface area (TPSA) is 71.9 Å². The highest BCUT2D eigenvalue weighted by Crippen LogP contribution is 2.36. The molecule has 1 aliphatic rings. The average molecular weight is 527 g/mol. The molecule has 37 heavy (non-hydrogen) atoms. The molecule has 3 aromatic rings. The molecule has 0 radical (unpaired) electrons. The van der Waals surface area contributed by atoms with Gasteiger partial charge in [-0.15, -0.1) is 11.8 Å². The lowest BCUT2D eigenvalue weighted by molar-refractivity contribution is -0.146. The molecule has 3 atom stereocenters. The number of nitrogens with zero attached hydrogens (tertiary/aromatic N) is 2. The number of hydrogen-bond acceptors (Lipinski definition) is 6. The fourth-order valence-corrected chi connectivity index (χ4v) is 6.13. The van der Waals surface area contributed by atoms with Gasteiger partial charge in [0.2, 0.25) is 0 Å². The Morgan fingerprint density at radius 1 is 1.22 bits per heavy atom. The van der Waals surface area contributed by atoms with Crippen LogP contribution in [0.15, 0.2) is 59.6 Å². The van der Waals surface area contributed by atoms with Crippen LogP contribution >= 0.6 is 11.8 Å². The number of likely N-dealkylation sites (tertiary alicyclic amines) is 1. The first-order chi connectivity index (χ1) is 18.0. The quantitative estimate of drug-likeness (QED) is 0.221. The third kappa shape index (κ3) is 6.93. The number of carboxylic acid groups (broad SMARTS) is 1. The van der Waals surface area contributed by atoms with Gasteiger partial charge in [0.25, 0.3) is 0 Å². The molecule has 0 aliphatic carbocycles. The molecular formula is C29H35FN2O4S. The van der Waals surface area contributed by atoms with Gasteiger partial charge in [-0.1, -0.05) is 12.1 Å². The van der Waals surface area contributed by atoms with E-state index in [2.05, 4.69) is 16.0 Å². The van der Waals surface area contributed by atoms with E-state index in [-0.39, 0.29) is 5.92 Å². The Bertz CT molecular complexity index is 1190. The van der Waals surface area contributed by atoms with Crippen LogP contribution in [-0.2, 0) is 4.79 Å². The van der Waals surface area contributed by atoms with Crippen molar-refractivity contribution in [3.63, 3.8) is 0 Å². The highest BCUT2D eigenvalue weighted by Gasteiger charge is 2.34. The molecule has 6 nitrogen and oxygen atoms in total. The van der Waals surface area contributed by atoms with E-state index >= 15 is 4.39 Å². The molecule has 1 saturated heterocycles. The van der Waals surface area contributed by atoms with Gasteiger partial charge in [0.1, 0.15) is 17.7 Å². The number of aliphatic carboxylic acids is 1. The summed E-state index contributed by atoms with van der Waals surface area (Å²) in [6.45, 7) is 2.22. The fraction of sp³-hybridized carbons (Fsp3) is 0.448. The lowest BCUT2D eigenvalue weighted by Gasteiger charge is -2.36. The van der Waals surface area contributed by atoms with Crippen LogP contribution in [0.4, 0.5) is 4.39 Å². The van der Waals surface area contributed by atoms with Gasteiger partial charge < -0.3 is 19.5 Å². The maximum atomic E-state index is 15.4. The summed E-state index contributed by atoms with van der Waals surface area (Å²) in [6.07, 6.45) is 3.02. The van der Waals surface area contributed by atoms with E-state index < -0.39 is 18.1 Å². The SMILES string of the molecule is COc1ccc2nccc([C@@H](F)CC[C@@H]3CCN(CCCSc4ccccc4OC)C[C@@H]3C(=O)O)c2c1. The molecule has 1 aromatic heterocycles. The number of piperidine rings is 1. The number of hydrogen-bond donors (Lipinski definition) is 1. The van der Waals surface area contributed by atoms with Gasteiger partial charge in [-0.05, 0) is 92.4 Å². The summed E-state index contributed by atoms with van der Waals surface area (Å²) in [4.78, 5) is 19.8. The predicted octanol–water partition coefficient (Wildman–Crippen LogP) is 6.25. The minimum absolute atomic E-state index is 0.0300. The van der Waals surface area contributed by atoms with E-state index in [0.717, 1.165) is 53.2 Å². The smallest absolute Gasteiger partial charge is 0.308 e. The second kappa shape index (κ2) is 13.1. The number of para-hydroxylation sites is 1. The number of carboxylic acids is 1. The van der Waals surface area contributed by atoms with E-state index in [1.807, 2.05) is 36.4 Å². The molecule has 0 saturated carbocycles. The van der Waals surface area contributed by atoms with Crippen molar-refractivity contribution in [3.05, 3.63) is 60.3 Å². The number of aromatic nitrogens is 1. The van der Waals surface area contributed by atoms with Gasteiger partial charge >= 0.3 is 5.97 Å². The Morgan fingerprint density at radius 2 is 2.05 bits per heavy atom. The van der Waals surface area contributed by atoms with E-state index in [4.69, 9.17) is 9.47 Å². The van der Waals surface area contributed by atoms with Crippen LogP contribution in [0.2, 0.25) is 0 Å². The first kappa shape index (κ1) is 27.2. The number of carbonyl (C=O) groups is 1. The zero-order valence-electron chi connectivity index (χ0n) is 21.4. The standard InChI is InChI=1S/C29H35FN2O4S/c1-35-21-9-11-26-23(18-21)22(12-14-31-26)25(30)10-8-20-13-16-32(19-24(20)29(33)34)15-5-17-37-28-7-4-3-6-27(28)36-2/h3-4,6-7,9,11-12,14,18,20,24-25H,5,8,10,13,15-17,19H2,1-2H3,(H,33,34)/t20-,24+,25+/m1/s1. The average Bonchev–Trinajstić information content (AvgIpc) is 2.93. The highest BCUT2D eigenvalue weighted by molar-refractivity contribution is 7.99. The first-order valence-electron chi connectivity index (χ1n) is 12.8. The zero-order chi connectivity index (χ0) is 26.2. The maximum Gasteiger partial charge on any atom is 0.308 e. The molecule has 2 heterocycles. The number of thioether (sulfide) groups is 1.